The molecule has 0 amide bonds. The first-order valence-corrected chi connectivity index (χ1v) is 10.6. The zero-order valence-corrected chi connectivity index (χ0v) is 18.8. The Morgan fingerprint density at radius 1 is 1.09 bits per heavy atom. The minimum atomic E-state index is -5.08. The maximum absolute atomic E-state index is 13.0. The summed E-state index contributed by atoms with van der Waals surface area (Å²) < 4.78 is 70.9. The van der Waals surface area contributed by atoms with Gasteiger partial charge in [-0.3, -0.25) is 5.10 Å². The summed E-state index contributed by atoms with van der Waals surface area (Å²) in [4.78, 5) is 21.5. The third-order valence-corrected chi connectivity index (χ3v) is 5.51. The van der Waals surface area contributed by atoms with Gasteiger partial charge in [-0.15, -0.1) is 0 Å². The van der Waals surface area contributed by atoms with Crippen molar-refractivity contribution in [2.75, 3.05) is 36.0 Å². The molecule has 35 heavy (non-hydrogen) atoms. The van der Waals surface area contributed by atoms with Crippen LogP contribution in [0.15, 0.2) is 24.5 Å². The van der Waals surface area contributed by atoms with E-state index < -0.39 is 23.9 Å². The average molecular weight is 525 g/mol. The number of nitrogens with one attached hydrogen (secondary N) is 1. The predicted octanol–water partition coefficient (Wildman–Crippen LogP) is 4.55. The van der Waals surface area contributed by atoms with Crippen molar-refractivity contribution >= 4 is 40.1 Å². The van der Waals surface area contributed by atoms with Gasteiger partial charge in [0, 0.05) is 31.9 Å². The molecule has 190 valence electrons. The van der Waals surface area contributed by atoms with Gasteiger partial charge in [0.1, 0.15) is 12.1 Å². The highest BCUT2D eigenvalue weighted by molar-refractivity contribution is 6.33. The molecule has 0 aliphatic carbocycles. The normalized spacial score (nSPS) is 14.6. The summed E-state index contributed by atoms with van der Waals surface area (Å²) in [6.07, 6.45) is -7.23. The summed E-state index contributed by atoms with van der Waals surface area (Å²) in [5.41, 5.74) is 1.29. The van der Waals surface area contributed by atoms with Crippen molar-refractivity contribution < 1.29 is 36.2 Å². The number of nitrogens with zero attached hydrogens (tertiary/aromatic N) is 5. The van der Waals surface area contributed by atoms with E-state index in [0.29, 0.717) is 42.5 Å². The van der Waals surface area contributed by atoms with Crippen LogP contribution >= 0.6 is 11.6 Å². The van der Waals surface area contributed by atoms with E-state index in [-0.39, 0.29) is 0 Å². The van der Waals surface area contributed by atoms with E-state index in [0.717, 1.165) is 35.5 Å². The maximum Gasteiger partial charge on any atom is 0.490 e. The molecule has 1 fully saturated rings. The van der Waals surface area contributed by atoms with Crippen LogP contribution < -0.4 is 9.80 Å². The number of aryl methyl sites for hydroxylation is 1. The van der Waals surface area contributed by atoms with Crippen molar-refractivity contribution in [2.45, 2.75) is 25.7 Å². The lowest BCUT2D eigenvalue weighted by Crippen LogP contribution is -2.47. The molecule has 0 spiro atoms. The predicted molar refractivity (Wildman–Crippen MR) is 116 cm³/mol. The lowest BCUT2D eigenvalue weighted by Gasteiger charge is -2.37. The Bertz CT molecular complexity index is 1190. The number of fused-ring (bicyclic) bond motifs is 1. The second kappa shape index (κ2) is 10.1. The molecule has 1 aromatic carbocycles. The Labute approximate surface area is 199 Å². The number of anilines is 2. The fraction of sp³-hybridized carbons (Fsp3) is 0.400. The Kier molecular flexibility index (Phi) is 7.62. The monoisotopic (exact) mass is 524 g/mol. The fourth-order valence-electron chi connectivity index (χ4n) is 3.48. The van der Waals surface area contributed by atoms with Crippen LogP contribution in [0.25, 0.3) is 11.0 Å². The van der Waals surface area contributed by atoms with Crippen LogP contribution in [0, 0.1) is 0 Å². The molecule has 2 N–H and O–H groups in total. The van der Waals surface area contributed by atoms with Crippen molar-refractivity contribution in [2.24, 2.45) is 0 Å². The summed E-state index contributed by atoms with van der Waals surface area (Å²) >= 11 is 6.18. The standard InChI is InChI=1S/C18H18ClF3N6.C2HF3O2/c1-2-13-15-16(26-25-13)23-10-24-17(15)28-7-5-27(6-8-28)14-9-11(18(20,21)22)3-4-12(14)19;3-2(4,5)1(6)7/h3-4,9-10H,2,5-8H2,1H3,(H,23,24,25,26);(H,6,7). The van der Waals surface area contributed by atoms with Crippen molar-refractivity contribution in [3.8, 4) is 0 Å². The van der Waals surface area contributed by atoms with Crippen LogP contribution in [0.5, 0.6) is 0 Å². The van der Waals surface area contributed by atoms with Crippen molar-refractivity contribution in [3.63, 3.8) is 0 Å². The summed E-state index contributed by atoms with van der Waals surface area (Å²) in [6, 6.07) is 3.43. The molecule has 8 nitrogen and oxygen atoms in total. The average Bonchev–Trinajstić information content (AvgIpc) is 3.22. The Balaban J connectivity index is 0.000000429. The molecule has 1 saturated heterocycles. The number of benzene rings is 1. The number of carboxylic acids is 1. The van der Waals surface area contributed by atoms with Crippen LogP contribution in [0.3, 0.4) is 0 Å². The van der Waals surface area contributed by atoms with Crippen LogP contribution in [-0.4, -0.2) is 63.6 Å². The van der Waals surface area contributed by atoms with Gasteiger partial charge >= 0.3 is 18.3 Å². The number of piperazine rings is 1. The largest absolute Gasteiger partial charge is 0.490 e. The number of H-pyrrole nitrogens is 1. The smallest absolute Gasteiger partial charge is 0.475 e. The van der Waals surface area contributed by atoms with Crippen molar-refractivity contribution in [1.29, 1.82) is 0 Å². The van der Waals surface area contributed by atoms with Gasteiger partial charge in [0.05, 0.1) is 21.7 Å². The zero-order valence-electron chi connectivity index (χ0n) is 18.1. The number of aliphatic carboxylic acids is 1. The molecule has 1 aliphatic rings. The molecule has 0 atom stereocenters. The first-order chi connectivity index (χ1) is 16.3. The number of aromatic nitrogens is 4. The molecule has 3 aromatic rings. The topological polar surface area (TPSA) is 98.2 Å². The Morgan fingerprint density at radius 3 is 2.23 bits per heavy atom. The van der Waals surface area contributed by atoms with E-state index >= 15 is 0 Å². The quantitative estimate of drug-likeness (QED) is 0.485. The number of carbonyl (C=O) groups is 1. The lowest BCUT2D eigenvalue weighted by atomic mass is 10.1. The molecule has 15 heteroatoms. The van der Waals surface area contributed by atoms with Gasteiger partial charge in [0.15, 0.2) is 5.65 Å². The molecule has 0 unspecified atom stereocenters. The van der Waals surface area contributed by atoms with E-state index in [1.165, 1.54) is 12.4 Å². The van der Waals surface area contributed by atoms with Crippen LogP contribution in [0.2, 0.25) is 5.02 Å². The second-order valence-electron chi connectivity index (χ2n) is 7.39. The molecule has 0 bridgehead atoms. The second-order valence-corrected chi connectivity index (χ2v) is 7.80. The molecule has 0 radical (unpaired) electrons. The maximum atomic E-state index is 13.0. The Morgan fingerprint density at radius 2 is 1.69 bits per heavy atom. The molecule has 2 aromatic heterocycles. The van der Waals surface area contributed by atoms with Gasteiger partial charge in [-0.1, -0.05) is 18.5 Å². The van der Waals surface area contributed by atoms with Gasteiger partial charge in [0.2, 0.25) is 0 Å². The van der Waals surface area contributed by atoms with Crippen molar-refractivity contribution in [3.05, 3.63) is 40.8 Å². The summed E-state index contributed by atoms with van der Waals surface area (Å²) in [7, 11) is 0. The number of aromatic amines is 1. The first-order valence-electron chi connectivity index (χ1n) is 10.2. The SMILES string of the molecule is CCc1[nH]nc2ncnc(N3CCN(c4cc(C(F)(F)F)ccc4Cl)CC3)c12.O=C(O)C(F)(F)F. The number of rotatable bonds is 3. The highest BCUT2D eigenvalue weighted by Crippen LogP contribution is 2.36. The minimum Gasteiger partial charge on any atom is -0.475 e. The van der Waals surface area contributed by atoms with Crippen LogP contribution in [0.4, 0.5) is 37.8 Å². The van der Waals surface area contributed by atoms with E-state index in [1.54, 1.807) is 0 Å². The van der Waals surface area contributed by atoms with E-state index in [4.69, 9.17) is 21.5 Å². The summed E-state index contributed by atoms with van der Waals surface area (Å²) in [5.74, 6) is -1.96. The summed E-state index contributed by atoms with van der Waals surface area (Å²) in [5, 5.41) is 15.5. The van der Waals surface area contributed by atoms with Gasteiger partial charge < -0.3 is 14.9 Å². The lowest BCUT2D eigenvalue weighted by molar-refractivity contribution is -0.192. The molecule has 1 aliphatic heterocycles. The molecular weight excluding hydrogens is 506 g/mol. The van der Waals surface area contributed by atoms with Gasteiger partial charge in [0.25, 0.3) is 0 Å². The van der Waals surface area contributed by atoms with E-state index in [9.17, 15) is 26.3 Å². The zero-order chi connectivity index (χ0) is 26.0. The highest BCUT2D eigenvalue weighted by atomic mass is 35.5. The van der Waals surface area contributed by atoms with Crippen LogP contribution in [-0.2, 0) is 17.4 Å². The van der Waals surface area contributed by atoms with Gasteiger partial charge in [-0.2, -0.15) is 31.4 Å². The third-order valence-electron chi connectivity index (χ3n) is 5.20. The van der Waals surface area contributed by atoms with E-state index in [2.05, 4.69) is 25.1 Å². The highest BCUT2D eigenvalue weighted by Gasteiger charge is 2.38. The third kappa shape index (κ3) is 6.05. The number of hydrogen-bond donors (Lipinski definition) is 2. The minimum absolute atomic E-state index is 0.314. The van der Waals surface area contributed by atoms with E-state index in [1.807, 2.05) is 11.8 Å². The first kappa shape index (κ1) is 26.3. The van der Waals surface area contributed by atoms with Gasteiger partial charge in [-0.05, 0) is 24.6 Å². The fourth-order valence-corrected chi connectivity index (χ4v) is 3.72. The van der Waals surface area contributed by atoms with Crippen LogP contribution in [0.1, 0.15) is 18.2 Å². The Hall–Kier alpha value is -3.29. The number of hydrogen-bond acceptors (Lipinski definition) is 6. The van der Waals surface area contributed by atoms with Crippen molar-refractivity contribution in [1.82, 2.24) is 20.2 Å². The molecule has 3 heterocycles. The molecular formula is C20H19ClF6N6O2. The number of carboxylic acid groups (broad SMARTS) is 1. The number of halogens is 7. The molecule has 0 saturated carbocycles. The number of alkyl halides is 6. The van der Waals surface area contributed by atoms with Gasteiger partial charge in [-0.25, -0.2) is 14.8 Å². The molecule has 4 rings (SSSR count). The summed E-state index contributed by atoms with van der Waals surface area (Å²) in [6.45, 7) is 4.30.